The molecule has 0 heterocycles. The second-order valence-electron chi connectivity index (χ2n) is 3.67. The second kappa shape index (κ2) is 4.66. The fourth-order valence-corrected chi connectivity index (χ4v) is 1.40. The number of halogens is 3. The van der Waals surface area contributed by atoms with Crippen LogP contribution in [0.3, 0.4) is 0 Å². The lowest BCUT2D eigenvalue weighted by Gasteiger charge is -2.13. The van der Waals surface area contributed by atoms with Crippen molar-refractivity contribution in [1.82, 2.24) is 0 Å². The quantitative estimate of drug-likeness (QED) is 0.827. The molecule has 0 radical (unpaired) electrons. The second-order valence-corrected chi connectivity index (χ2v) is 3.67. The van der Waals surface area contributed by atoms with Crippen LogP contribution in [0.5, 0.6) is 0 Å². The zero-order valence-electron chi connectivity index (χ0n) is 8.51. The Labute approximate surface area is 87.1 Å². The third-order valence-electron chi connectivity index (χ3n) is 2.19. The molecule has 2 N–H and O–H groups in total. The van der Waals surface area contributed by atoms with Gasteiger partial charge < -0.3 is 5.73 Å². The molecule has 0 amide bonds. The van der Waals surface area contributed by atoms with Gasteiger partial charge in [0.25, 0.3) is 0 Å². The van der Waals surface area contributed by atoms with Crippen molar-refractivity contribution in [3.05, 3.63) is 35.4 Å². The summed E-state index contributed by atoms with van der Waals surface area (Å²) in [6.07, 6.45) is -3.34. The van der Waals surface area contributed by atoms with E-state index in [0.717, 1.165) is 6.07 Å². The fourth-order valence-electron chi connectivity index (χ4n) is 1.40. The molecule has 0 aliphatic heterocycles. The first-order valence-electron chi connectivity index (χ1n) is 4.82. The van der Waals surface area contributed by atoms with Gasteiger partial charge in [0, 0.05) is 6.04 Å². The number of aryl methyl sites for hydroxylation is 1. The SMILES string of the molecule is C[C@@H](N)CCc1ccccc1C(F)(F)F. The van der Waals surface area contributed by atoms with E-state index in [2.05, 4.69) is 0 Å². The largest absolute Gasteiger partial charge is 0.416 e. The van der Waals surface area contributed by atoms with E-state index in [9.17, 15) is 13.2 Å². The van der Waals surface area contributed by atoms with Crippen LogP contribution in [-0.4, -0.2) is 6.04 Å². The van der Waals surface area contributed by atoms with Crippen LogP contribution in [0.4, 0.5) is 13.2 Å². The standard InChI is InChI=1S/C11H14F3N/c1-8(15)6-7-9-4-2-3-5-10(9)11(12,13)14/h2-5,8H,6-7,15H2,1H3/t8-/m1/s1. The van der Waals surface area contributed by atoms with Crippen molar-refractivity contribution in [1.29, 1.82) is 0 Å². The summed E-state index contributed by atoms with van der Waals surface area (Å²) in [5.41, 5.74) is 5.29. The highest BCUT2D eigenvalue weighted by Crippen LogP contribution is 2.32. The predicted molar refractivity (Wildman–Crippen MR) is 53.4 cm³/mol. The Hall–Kier alpha value is -1.03. The van der Waals surface area contributed by atoms with Gasteiger partial charge in [-0.3, -0.25) is 0 Å². The molecule has 15 heavy (non-hydrogen) atoms. The van der Waals surface area contributed by atoms with E-state index in [0.29, 0.717) is 18.4 Å². The summed E-state index contributed by atoms with van der Waals surface area (Å²) >= 11 is 0. The van der Waals surface area contributed by atoms with Crippen LogP contribution < -0.4 is 5.73 Å². The van der Waals surface area contributed by atoms with Crippen LogP contribution in [0.15, 0.2) is 24.3 Å². The molecule has 4 heteroatoms. The van der Waals surface area contributed by atoms with Crippen molar-refractivity contribution in [3.63, 3.8) is 0 Å². The van der Waals surface area contributed by atoms with Crippen LogP contribution in [0, 0.1) is 0 Å². The van der Waals surface area contributed by atoms with E-state index >= 15 is 0 Å². The smallest absolute Gasteiger partial charge is 0.328 e. The van der Waals surface area contributed by atoms with Crippen LogP contribution >= 0.6 is 0 Å². The minimum absolute atomic E-state index is 0.0775. The highest BCUT2D eigenvalue weighted by Gasteiger charge is 2.32. The Morgan fingerprint density at radius 2 is 1.87 bits per heavy atom. The molecule has 0 unspecified atom stereocenters. The maximum absolute atomic E-state index is 12.5. The highest BCUT2D eigenvalue weighted by molar-refractivity contribution is 5.29. The van der Waals surface area contributed by atoms with Gasteiger partial charge in [-0.15, -0.1) is 0 Å². The molecular weight excluding hydrogens is 203 g/mol. The van der Waals surface area contributed by atoms with Gasteiger partial charge in [-0.1, -0.05) is 18.2 Å². The summed E-state index contributed by atoms with van der Waals surface area (Å²) in [4.78, 5) is 0. The van der Waals surface area contributed by atoms with E-state index in [4.69, 9.17) is 5.73 Å². The molecule has 0 aliphatic rings. The molecule has 1 aromatic rings. The first-order valence-corrected chi connectivity index (χ1v) is 4.82. The molecule has 0 aromatic heterocycles. The lowest BCUT2D eigenvalue weighted by atomic mass is 10.0. The van der Waals surface area contributed by atoms with Crippen molar-refractivity contribution in [2.75, 3.05) is 0 Å². The van der Waals surface area contributed by atoms with Crippen LogP contribution in [0.1, 0.15) is 24.5 Å². The summed E-state index contributed by atoms with van der Waals surface area (Å²) < 4.78 is 37.6. The van der Waals surface area contributed by atoms with E-state index in [1.807, 2.05) is 0 Å². The normalized spacial score (nSPS) is 13.9. The Kier molecular flexibility index (Phi) is 3.74. The summed E-state index contributed by atoms with van der Waals surface area (Å²) in [5.74, 6) is 0. The lowest BCUT2D eigenvalue weighted by molar-refractivity contribution is -0.138. The van der Waals surface area contributed by atoms with Gasteiger partial charge in [-0.05, 0) is 31.4 Å². The molecule has 1 rings (SSSR count). The molecular formula is C11H14F3N. The summed E-state index contributed by atoms with van der Waals surface area (Å²) in [5, 5.41) is 0. The minimum Gasteiger partial charge on any atom is -0.328 e. The Bertz CT molecular complexity index is 318. The molecule has 0 aliphatic carbocycles. The van der Waals surface area contributed by atoms with E-state index < -0.39 is 11.7 Å². The van der Waals surface area contributed by atoms with Crippen molar-refractivity contribution in [2.24, 2.45) is 5.73 Å². The molecule has 0 fully saturated rings. The fraction of sp³-hybridized carbons (Fsp3) is 0.455. The summed E-state index contributed by atoms with van der Waals surface area (Å²) in [6, 6.07) is 5.55. The molecule has 84 valence electrons. The van der Waals surface area contributed by atoms with Crippen LogP contribution in [-0.2, 0) is 12.6 Å². The van der Waals surface area contributed by atoms with Crippen molar-refractivity contribution < 1.29 is 13.2 Å². The topological polar surface area (TPSA) is 26.0 Å². The van der Waals surface area contributed by atoms with Gasteiger partial charge in [0.1, 0.15) is 0 Å². The number of alkyl halides is 3. The van der Waals surface area contributed by atoms with Crippen LogP contribution in [0.2, 0.25) is 0 Å². The first kappa shape index (κ1) is 12.0. The van der Waals surface area contributed by atoms with Crippen molar-refractivity contribution in [3.8, 4) is 0 Å². The van der Waals surface area contributed by atoms with E-state index in [1.165, 1.54) is 12.1 Å². The summed E-state index contributed by atoms with van der Waals surface area (Å²) in [7, 11) is 0. The highest BCUT2D eigenvalue weighted by atomic mass is 19.4. The maximum atomic E-state index is 12.5. The number of hydrogen-bond acceptors (Lipinski definition) is 1. The minimum atomic E-state index is -4.27. The van der Waals surface area contributed by atoms with Crippen molar-refractivity contribution >= 4 is 0 Å². The molecule has 1 nitrogen and oxygen atoms in total. The molecule has 0 saturated heterocycles. The lowest BCUT2D eigenvalue weighted by Crippen LogP contribution is -2.17. The Morgan fingerprint density at radius 1 is 1.27 bits per heavy atom. The van der Waals surface area contributed by atoms with Gasteiger partial charge in [-0.2, -0.15) is 13.2 Å². The Balaban J connectivity index is 2.87. The number of benzene rings is 1. The average molecular weight is 217 g/mol. The number of nitrogens with two attached hydrogens (primary N) is 1. The van der Waals surface area contributed by atoms with Gasteiger partial charge in [-0.25, -0.2) is 0 Å². The molecule has 1 aromatic carbocycles. The zero-order chi connectivity index (χ0) is 11.5. The predicted octanol–water partition coefficient (Wildman–Crippen LogP) is 2.99. The molecule has 0 bridgehead atoms. The Morgan fingerprint density at radius 3 is 2.40 bits per heavy atom. The number of hydrogen-bond donors (Lipinski definition) is 1. The van der Waals surface area contributed by atoms with E-state index in [1.54, 1.807) is 13.0 Å². The van der Waals surface area contributed by atoms with Gasteiger partial charge in [0.2, 0.25) is 0 Å². The third-order valence-corrected chi connectivity index (χ3v) is 2.19. The first-order chi connectivity index (χ1) is 6.91. The van der Waals surface area contributed by atoms with Gasteiger partial charge >= 0.3 is 6.18 Å². The van der Waals surface area contributed by atoms with E-state index in [-0.39, 0.29) is 6.04 Å². The van der Waals surface area contributed by atoms with Gasteiger partial charge in [0.15, 0.2) is 0 Å². The third kappa shape index (κ3) is 3.55. The monoisotopic (exact) mass is 217 g/mol. The zero-order valence-corrected chi connectivity index (χ0v) is 8.51. The molecule has 0 spiro atoms. The molecule has 1 atom stereocenters. The van der Waals surface area contributed by atoms with Gasteiger partial charge in [0.05, 0.1) is 5.56 Å². The maximum Gasteiger partial charge on any atom is 0.416 e. The number of rotatable bonds is 3. The summed E-state index contributed by atoms with van der Waals surface area (Å²) in [6.45, 7) is 1.79. The molecule has 0 saturated carbocycles. The van der Waals surface area contributed by atoms with Crippen molar-refractivity contribution in [2.45, 2.75) is 32.0 Å². The average Bonchev–Trinajstić information content (AvgIpc) is 2.13. The van der Waals surface area contributed by atoms with Crippen LogP contribution in [0.25, 0.3) is 0 Å².